The van der Waals surface area contributed by atoms with E-state index in [1.54, 1.807) is 11.0 Å². The number of anilines is 2. The molecule has 0 amide bonds. The molecule has 0 aliphatic carbocycles. The van der Waals surface area contributed by atoms with Crippen LogP contribution in [0.4, 0.5) is 15.8 Å². The Bertz CT molecular complexity index is 406. The molecule has 0 aromatic heterocycles. The first-order chi connectivity index (χ1) is 7.49. The monoisotopic (exact) mass is 338 g/mol. The third-order valence-electron chi connectivity index (χ3n) is 2.67. The van der Waals surface area contributed by atoms with Crippen LogP contribution >= 0.6 is 22.6 Å². The van der Waals surface area contributed by atoms with Crippen molar-refractivity contribution in [3.05, 3.63) is 21.5 Å². The summed E-state index contributed by atoms with van der Waals surface area (Å²) in [5, 5.41) is 18.8. The summed E-state index contributed by atoms with van der Waals surface area (Å²) in [6.45, 7) is 0.538. The fraction of sp³-hybridized carbons (Fsp3) is 0.400. The number of rotatable bonds is 1. The minimum absolute atomic E-state index is 0.269. The van der Waals surface area contributed by atoms with Crippen molar-refractivity contribution in [1.29, 1.82) is 0 Å². The van der Waals surface area contributed by atoms with Gasteiger partial charge in [0.25, 0.3) is 0 Å². The van der Waals surface area contributed by atoms with Crippen LogP contribution in [0.1, 0.15) is 0 Å². The fourth-order valence-corrected chi connectivity index (χ4v) is 2.28. The summed E-state index contributed by atoms with van der Waals surface area (Å²) in [6.07, 6.45) is -1.61. The standard InChI is InChI=1S/C10H12FIN2O2/c11-5-1-8(7(13)2-6(5)12)14-3-9(15)10(16)4-14/h1-2,9-10,15-16H,3-4,13H2. The zero-order chi connectivity index (χ0) is 11.9. The van der Waals surface area contributed by atoms with Gasteiger partial charge in [0.05, 0.1) is 27.2 Å². The summed E-state index contributed by atoms with van der Waals surface area (Å²) in [5.41, 5.74) is 6.76. The first-order valence-electron chi connectivity index (χ1n) is 4.84. The molecule has 1 aliphatic heterocycles. The number of halogens is 2. The number of benzene rings is 1. The molecule has 4 nitrogen and oxygen atoms in total. The van der Waals surface area contributed by atoms with E-state index >= 15 is 0 Å². The van der Waals surface area contributed by atoms with Gasteiger partial charge in [-0.2, -0.15) is 0 Å². The number of nitrogens with two attached hydrogens (primary N) is 1. The Labute approximate surface area is 106 Å². The molecule has 1 heterocycles. The van der Waals surface area contributed by atoms with Crippen molar-refractivity contribution in [1.82, 2.24) is 0 Å². The molecule has 0 spiro atoms. The second-order valence-electron chi connectivity index (χ2n) is 3.86. The van der Waals surface area contributed by atoms with Crippen molar-refractivity contribution in [3.8, 4) is 0 Å². The number of hydrogen-bond acceptors (Lipinski definition) is 4. The molecule has 6 heteroatoms. The van der Waals surface area contributed by atoms with E-state index in [0.29, 0.717) is 14.9 Å². The van der Waals surface area contributed by atoms with Crippen LogP contribution in [0, 0.1) is 9.39 Å². The molecular weight excluding hydrogens is 326 g/mol. The third-order valence-corrected chi connectivity index (χ3v) is 3.50. The van der Waals surface area contributed by atoms with Crippen LogP contribution in [0.2, 0.25) is 0 Å². The van der Waals surface area contributed by atoms with Crippen LogP contribution in [-0.4, -0.2) is 35.5 Å². The maximum atomic E-state index is 13.4. The highest BCUT2D eigenvalue weighted by Gasteiger charge is 2.30. The van der Waals surface area contributed by atoms with Crippen LogP contribution in [0.15, 0.2) is 12.1 Å². The molecule has 0 bridgehead atoms. The van der Waals surface area contributed by atoms with Crippen molar-refractivity contribution in [3.63, 3.8) is 0 Å². The minimum Gasteiger partial charge on any atom is -0.397 e. The van der Waals surface area contributed by atoms with Gasteiger partial charge in [-0.25, -0.2) is 4.39 Å². The van der Waals surface area contributed by atoms with Gasteiger partial charge in [-0.15, -0.1) is 0 Å². The van der Waals surface area contributed by atoms with Gasteiger partial charge in [0.1, 0.15) is 5.82 Å². The Morgan fingerprint density at radius 3 is 2.44 bits per heavy atom. The first kappa shape index (κ1) is 11.9. The van der Waals surface area contributed by atoms with Crippen molar-refractivity contribution >= 4 is 34.0 Å². The van der Waals surface area contributed by atoms with Gasteiger partial charge >= 0.3 is 0 Å². The number of β-amino-alcohol motifs (C(OH)–C–C–N with tert-alkyl or cyclic N) is 2. The second kappa shape index (κ2) is 4.34. The highest BCUT2D eigenvalue weighted by molar-refractivity contribution is 14.1. The molecule has 1 aromatic carbocycles. The van der Waals surface area contributed by atoms with E-state index in [1.807, 2.05) is 22.6 Å². The minimum atomic E-state index is -0.804. The molecule has 0 radical (unpaired) electrons. The predicted octanol–water partition coefficient (Wildman–Crippen LogP) is 0.554. The molecule has 2 rings (SSSR count). The van der Waals surface area contributed by atoms with Gasteiger partial charge in [0.15, 0.2) is 0 Å². The summed E-state index contributed by atoms with van der Waals surface area (Å²) < 4.78 is 13.8. The van der Waals surface area contributed by atoms with Crippen LogP contribution in [0.25, 0.3) is 0 Å². The van der Waals surface area contributed by atoms with Crippen LogP contribution in [0.5, 0.6) is 0 Å². The van der Waals surface area contributed by atoms with E-state index in [0.717, 1.165) is 0 Å². The number of aliphatic hydroxyl groups excluding tert-OH is 2. The molecule has 2 atom stereocenters. The zero-order valence-corrected chi connectivity index (χ0v) is 10.6. The van der Waals surface area contributed by atoms with E-state index < -0.39 is 12.2 Å². The fourth-order valence-electron chi connectivity index (χ4n) is 1.79. The molecule has 4 N–H and O–H groups in total. The molecule has 1 aromatic rings. The Morgan fingerprint density at radius 2 is 1.88 bits per heavy atom. The van der Waals surface area contributed by atoms with Crippen molar-refractivity contribution in [2.24, 2.45) is 0 Å². The zero-order valence-electron chi connectivity index (χ0n) is 8.40. The summed E-state index contributed by atoms with van der Waals surface area (Å²) in [5.74, 6) is -0.347. The molecule has 88 valence electrons. The van der Waals surface area contributed by atoms with Crippen molar-refractivity contribution < 1.29 is 14.6 Å². The molecule has 2 unspecified atom stereocenters. The van der Waals surface area contributed by atoms with E-state index in [9.17, 15) is 14.6 Å². The Morgan fingerprint density at radius 1 is 1.31 bits per heavy atom. The number of aliphatic hydroxyl groups is 2. The largest absolute Gasteiger partial charge is 0.397 e. The van der Waals surface area contributed by atoms with Crippen LogP contribution < -0.4 is 10.6 Å². The number of nitrogens with zero attached hydrogens (tertiary/aromatic N) is 1. The maximum Gasteiger partial charge on any atom is 0.138 e. The van der Waals surface area contributed by atoms with Gasteiger partial charge in [-0.1, -0.05) is 0 Å². The lowest BCUT2D eigenvalue weighted by Crippen LogP contribution is -2.22. The SMILES string of the molecule is Nc1cc(I)c(F)cc1N1CC(O)C(O)C1. The molecule has 16 heavy (non-hydrogen) atoms. The van der Waals surface area contributed by atoms with Gasteiger partial charge in [0.2, 0.25) is 0 Å². The quantitative estimate of drug-likeness (QED) is 0.517. The lowest BCUT2D eigenvalue weighted by molar-refractivity contribution is 0.0572. The first-order valence-corrected chi connectivity index (χ1v) is 5.92. The van der Waals surface area contributed by atoms with E-state index in [-0.39, 0.29) is 18.9 Å². The van der Waals surface area contributed by atoms with E-state index in [1.165, 1.54) is 6.07 Å². The summed E-state index contributed by atoms with van der Waals surface area (Å²) in [7, 11) is 0. The molecule has 1 aliphatic rings. The second-order valence-corrected chi connectivity index (χ2v) is 5.03. The average Bonchev–Trinajstić information content (AvgIpc) is 2.53. The molecular formula is C10H12FIN2O2. The molecule has 0 saturated carbocycles. The third kappa shape index (κ3) is 2.09. The lowest BCUT2D eigenvalue weighted by Gasteiger charge is -2.20. The van der Waals surface area contributed by atoms with Gasteiger partial charge in [0, 0.05) is 19.2 Å². The molecule has 1 saturated heterocycles. The van der Waals surface area contributed by atoms with Gasteiger partial charge < -0.3 is 20.8 Å². The molecule has 1 fully saturated rings. The summed E-state index contributed by atoms with van der Waals surface area (Å²) in [6, 6.07) is 2.88. The number of nitrogen functional groups attached to an aromatic ring is 1. The lowest BCUT2D eigenvalue weighted by atomic mass is 10.2. The highest BCUT2D eigenvalue weighted by Crippen LogP contribution is 2.30. The van der Waals surface area contributed by atoms with Crippen molar-refractivity contribution in [2.45, 2.75) is 12.2 Å². The van der Waals surface area contributed by atoms with E-state index in [2.05, 4.69) is 0 Å². The smallest absolute Gasteiger partial charge is 0.138 e. The van der Waals surface area contributed by atoms with Crippen molar-refractivity contribution in [2.75, 3.05) is 23.7 Å². The Balaban J connectivity index is 2.31. The normalized spacial score (nSPS) is 25.1. The average molecular weight is 338 g/mol. The van der Waals surface area contributed by atoms with Gasteiger partial charge in [-0.3, -0.25) is 0 Å². The Hall–Kier alpha value is -0.600. The van der Waals surface area contributed by atoms with Crippen LogP contribution in [-0.2, 0) is 0 Å². The number of hydrogen-bond donors (Lipinski definition) is 3. The van der Waals surface area contributed by atoms with Crippen LogP contribution in [0.3, 0.4) is 0 Å². The predicted molar refractivity (Wildman–Crippen MR) is 67.8 cm³/mol. The highest BCUT2D eigenvalue weighted by atomic mass is 127. The summed E-state index contributed by atoms with van der Waals surface area (Å²) in [4.78, 5) is 1.68. The Kier molecular flexibility index (Phi) is 3.22. The van der Waals surface area contributed by atoms with Gasteiger partial charge in [-0.05, 0) is 28.7 Å². The van der Waals surface area contributed by atoms with E-state index in [4.69, 9.17) is 5.73 Å². The maximum absolute atomic E-state index is 13.4. The summed E-state index contributed by atoms with van der Waals surface area (Å²) >= 11 is 1.87. The topological polar surface area (TPSA) is 69.7 Å².